The van der Waals surface area contributed by atoms with Crippen LogP contribution in [0.5, 0.6) is 0 Å². The van der Waals surface area contributed by atoms with Crippen molar-refractivity contribution in [2.45, 2.75) is 16.8 Å². The van der Waals surface area contributed by atoms with Crippen molar-refractivity contribution in [1.29, 1.82) is 0 Å². The maximum Gasteiger partial charge on any atom is 0.416 e. The van der Waals surface area contributed by atoms with Crippen LogP contribution in [0, 0.1) is 0 Å². The van der Waals surface area contributed by atoms with Crippen LogP contribution in [-0.2, 0) is 26.7 Å². The monoisotopic (exact) mass is 466 g/mol. The van der Waals surface area contributed by atoms with Crippen molar-refractivity contribution in [3.8, 4) is 0 Å². The van der Waals surface area contributed by atoms with Crippen molar-refractivity contribution in [3.05, 3.63) is 58.6 Å². The molecule has 2 rings (SSSR count). The molecule has 0 unspecified atom stereocenters. The second-order valence-electron chi connectivity index (χ2n) is 6.17. The number of thioether (sulfide) groups is 1. The van der Waals surface area contributed by atoms with E-state index in [2.05, 4.69) is 5.32 Å². The molecule has 0 aromatic heterocycles. The molecular weight excluding hydrogens is 449 g/mol. The molecule has 0 aliphatic carbocycles. The minimum atomic E-state index is -4.54. The number of rotatable bonds is 7. The first-order chi connectivity index (χ1) is 13.4. The van der Waals surface area contributed by atoms with E-state index in [-0.39, 0.29) is 21.4 Å². The fraction of sp³-hybridized carbons (Fsp3) is 0.278. The van der Waals surface area contributed by atoms with Gasteiger partial charge in [0.25, 0.3) is 0 Å². The van der Waals surface area contributed by atoms with E-state index in [0.717, 1.165) is 22.5 Å². The lowest BCUT2D eigenvalue weighted by Crippen LogP contribution is -2.22. The molecule has 5 nitrogen and oxygen atoms in total. The Bertz CT molecular complexity index is 996. The van der Waals surface area contributed by atoms with E-state index in [1.165, 1.54) is 38.0 Å². The van der Waals surface area contributed by atoms with E-state index in [4.69, 9.17) is 11.6 Å². The highest BCUT2D eigenvalue weighted by Gasteiger charge is 2.31. The van der Waals surface area contributed by atoms with Crippen LogP contribution in [0.1, 0.15) is 11.1 Å². The largest absolute Gasteiger partial charge is 0.416 e. The van der Waals surface area contributed by atoms with Gasteiger partial charge in [-0.05, 0) is 35.9 Å². The Morgan fingerprint density at radius 2 is 1.86 bits per heavy atom. The highest BCUT2D eigenvalue weighted by Crippen LogP contribution is 2.33. The second kappa shape index (κ2) is 9.38. The molecule has 0 atom stereocenters. The van der Waals surface area contributed by atoms with Crippen molar-refractivity contribution in [2.24, 2.45) is 0 Å². The molecule has 0 saturated carbocycles. The Morgan fingerprint density at radius 1 is 1.17 bits per heavy atom. The number of nitrogens with one attached hydrogen (secondary N) is 1. The number of halogens is 4. The Morgan fingerprint density at radius 3 is 2.48 bits per heavy atom. The molecule has 0 saturated heterocycles. The summed E-state index contributed by atoms with van der Waals surface area (Å²) in [6.07, 6.45) is -4.54. The molecular formula is C18H18ClF3N2O3S2. The molecule has 0 heterocycles. The predicted octanol–water partition coefficient (Wildman–Crippen LogP) is 4.48. The summed E-state index contributed by atoms with van der Waals surface area (Å²) in [7, 11) is -0.703. The molecule has 0 aliphatic rings. The number of benzene rings is 2. The van der Waals surface area contributed by atoms with Crippen LogP contribution in [0.4, 0.5) is 18.9 Å². The van der Waals surface area contributed by atoms with Gasteiger partial charge in [0.2, 0.25) is 15.9 Å². The first-order valence-corrected chi connectivity index (χ1v) is 11.1. The van der Waals surface area contributed by atoms with Crippen LogP contribution < -0.4 is 5.32 Å². The SMILES string of the molecule is CN(C)S(=O)(=O)c1cccc(CSCC(=O)Nc2cc(C(F)(F)F)ccc2Cl)c1. The van der Waals surface area contributed by atoms with Crippen molar-refractivity contribution >= 4 is 45.0 Å². The van der Waals surface area contributed by atoms with Crippen LogP contribution >= 0.6 is 23.4 Å². The maximum absolute atomic E-state index is 12.8. The molecule has 11 heteroatoms. The minimum absolute atomic E-state index is 0.00190. The van der Waals surface area contributed by atoms with Crippen molar-refractivity contribution in [1.82, 2.24) is 4.31 Å². The summed E-state index contributed by atoms with van der Waals surface area (Å²) in [5, 5.41) is 2.36. The standard InChI is InChI=1S/C18H18ClF3N2O3S2/c1-24(2)29(26,27)14-5-3-4-12(8-14)10-28-11-17(25)23-16-9-13(18(20,21)22)6-7-15(16)19/h3-9H,10-11H2,1-2H3,(H,23,25). The van der Waals surface area contributed by atoms with Crippen molar-refractivity contribution in [3.63, 3.8) is 0 Å². The van der Waals surface area contributed by atoms with Crippen LogP contribution in [0.15, 0.2) is 47.4 Å². The summed E-state index contributed by atoms with van der Waals surface area (Å²) in [4.78, 5) is 12.2. The summed E-state index contributed by atoms with van der Waals surface area (Å²) in [5.74, 6) is -0.217. The van der Waals surface area contributed by atoms with Gasteiger partial charge < -0.3 is 5.32 Å². The lowest BCUT2D eigenvalue weighted by atomic mass is 10.2. The average molecular weight is 467 g/mol. The van der Waals surface area contributed by atoms with Gasteiger partial charge in [0.05, 0.1) is 26.9 Å². The molecule has 2 aromatic carbocycles. The van der Waals surface area contributed by atoms with E-state index in [9.17, 15) is 26.4 Å². The van der Waals surface area contributed by atoms with Gasteiger partial charge in [0, 0.05) is 19.8 Å². The molecule has 0 radical (unpaired) electrons. The first-order valence-electron chi connectivity index (χ1n) is 8.17. The molecule has 158 valence electrons. The summed E-state index contributed by atoms with van der Waals surface area (Å²) < 4.78 is 63.8. The zero-order valence-corrected chi connectivity index (χ0v) is 17.8. The van der Waals surface area contributed by atoms with Gasteiger partial charge in [0.1, 0.15) is 0 Å². The van der Waals surface area contributed by atoms with E-state index in [1.54, 1.807) is 12.1 Å². The second-order valence-corrected chi connectivity index (χ2v) is 9.71. The van der Waals surface area contributed by atoms with Crippen LogP contribution in [0.25, 0.3) is 0 Å². The number of carbonyl (C=O) groups is 1. The Labute approximate surface area is 176 Å². The third kappa shape index (κ3) is 6.36. The summed E-state index contributed by atoms with van der Waals surface area (Å²) in [6.45, 7) is 0. The van der Waals surface area contributed by atoms with E-state index < -0.39 is 27.7 Å². The fourth-order valence-electron chi connectivity index (χ4n) is 2.25. The Hall–Kier alpha value is -1.75. The highest BCUT2D eigenvalue weighted by molar-refractivity contribution is 7.99. The lowest BCUT2D eigenvalue weighted by molar-refractivity contribution is -0.137. The molecule has 29 heavy (non-hydrogen) atoms. The normalized spacial score (nSPS) is 12.2. The molecule has 1 N–H and O–H groups in total. The molecule has 0 spiro atoms. The smallest absolute Gasteiger partial charge is 0.324 e. The van der Waals surface area contributed by atoms with E-state index in [1.807, 2.05) is 0 Å². The number of hydrogen-bond acceptors (Lipinski definition) is 4. The maximum atomic E-state index is 12.8. The molecule has 0 fully saturated rings. The predicted molar refractivity (Wildman–Crippen MR) is 109 cm³/mol. The topological polar surface area (TPSA) is 66.5 Å². The Balaban J connectivity index is 1.98. The molecule has 2 aromatic rings. The van der Waals surface area contributed by atoms with E-state index >= 15 is 0 Å². The highest BCUT2D eigenvalue weighted by atomic mass is 35.5. The van der Waals surface area contributed by atoms with Gasteiger partial charge in [-0.25, -0.2) is 12.7 Å². The van der Waals surface area contributed by atoms with Crippen molar-refractivity contribution < 1.29 is 26.4 Å². The van der Waals surface area contributed by atoms with Gasteiger partial charge in [-0.3, -0.25) is 4.79 Å². The summed E-state index contributed by atoms with van der Waals surface area (Å²) in [6, 6.07) is 9.01. The van der Waals surface area contributed by atoms with Gasteiger partial charge >= 0.3 is 6.18 Å². The van der Waals surface area contributed by atoms with Crippen molar-refractivity contribution in [2.75, 3.05) is 25.2 Å². The van der Waals surface area contributed by atoms with E-state index in [0.29, 0.717) is 11.3 Å². The number of anilines is 1. The average Bonchev–Trinajstić information content (AvgIpc) is 2.62. The molecule has 0 aliphatic heterocycles. The number of hydrogen-bond donors (Lipinski definition) is 1. The zero-order valence-electron chi connectivity index (χ0n) is 15.5. The van der Waals surface area contributed by atoms with Gasteiger partial charge in [-0.1, -0.05) is 23.7 Å². The number of nitrogens with zero attached hydrogens (tertiary/aromatic N) is 1. The number of sulfonamides is 1. The number of amides is 1. The van der Waals surface area contributed by atoms with Crippen LogP contribution in [0.3, 0.4) is 0 Å². The third-order valence-corrected chi connectivity index (χ3v) is 6.89. The molecule has 0 bridgehead atoms. The van der Waals surface area contributed by atoms with Gasteiger partial charge in [-0.2, -0.15) is 13.2 Å². The zero-order chi connectivity index (χ0) is 21.8. The minimum Gasteiger partial charge on any atom is -0.324 e. The lowest BCUT2D eigenvalue weighted by Gasteiger charge is -2.13. The quantitative estimate of drug-likeness (QED) is 0.653. The van der Waals surface area contributed by atoms with Crippen LogP contribution in [0.2, 0.25) is 5.02 Å². The summed E-state index contributed by atoms with van der Waals surface area (Å²) in [5.41, 5.74) is -0.335. The Kier molecular flexibility index (Phi) is 7.61. The van der Waals surface area contributed by atoms with Crippen LogP contribution in [-0.4, -0.2) is 38.5 Å². The third-order valence-electron chi connectivity index (χ3n) is 3.75. The number of carbonyl (C=O) groups excluding carboxylic acids is 1. The first kappa shape index (κ1) is 23.5. The number of alkyl halides is 3. The fourth-order valence-corrected chi connectivity index (χ4v) is 4.16. The van der Waals surface area contributed by atoms with Gasteiger partial charge in [0.15, 0.2) is 0 Å². The molecule has 1 amide bonds. The van der Waals surface area contributed by atoms with Gasteiger partial charge in [-0.15, -0.1) is 11.8 Å². The summed E-state index contributed by atoms with van der Waals surface area (Å²) >= 11 is 7.05.